The highest BCUT2D eigenvalue weighted by atomic mass is 31.2. The van der Waals surface area contributed by atoms with E-state index in [-0.39, 0.29) is 19.3 Å². The molecule has 0 spiro atoms. The summed E-state index contributed by atoms with van der Waals surface area (Å²) in [4.78, 5) is 22.4. The fourth-order valence-corrected chi connectivity index (χ4v) is 7.99. The Hall–Kier alpha value is -1.80. The summed E-state index contributed by atoms with van der Waals surface area (Å²) in [6.45, 7) is 5.62. The van der Waals surface area contributed by atoms with Crippen molar-refractivity contribution in [2.75, 3.05) is 31.9 Å². The van der Waals surface area contributed by atoms with Crippen LogP contribution in [0, 0.1) is 11.5 Å². The van der Waals surface area contributed by atoms with Gasteiger partial charge < -0.3 is 29.2 Å². The van der Waals surface area contributed by atoms with Gasteiger partial charge in [-0.1, -0.05) is 64.3 Å². The van der Waals surface area contributed by atoms with Crippen molar-refractivity contribution in [2.45, 2.75) is 115 Å². The standard InChI is InChI=1S/C29H50N5O5PSi/c1-26(22-34-24-33-27-28(30)31-23-32-29(27)34)38-25-40(35,36)39-18-17-37-16-13-11-9-7-5-3-4-6-8-10-12-14-19-41(2)20-15-21-41/h23-24,26H,3-13,15-18,20-22,25H2,1-2H3,(H,35,36)(H2,30,31,32)/t26-/m1/s1. The molecule has 1 fully saturated rings. The lowest BCUT2D eigenvalue weighted by Crippen LogP contribution is -2.36. The molecule has 1 unspecified atom stereocenters. The maximum Gasteiger partial charge on any atom is 0.353 e. The fourth-order valence-electron chi connectivity index (χ4n) is 4.90. The molecular weight excluding hydrogens is 557 g/mol. The van der Waals surface area contributed by atoms with Crippen molar-refractivity contribution >= 4 is 32.7 Å². The Balaban J connectivity index is 1.08. The van der Waals surface area contributed by atoms with Crippen molar-refractivity contribution in [1.29, 1.82) is 0 Å². The average Bonchev–Trinajstić information content (AvgIpc) is 3.34. The summed E-state index contributed by atoms with van der Waals surface area (Å²) in [5.74, 6) is 3.77. The molecule has 0 aromatic carbocycles. The summed E-state index contributed by atoms with van der Waals surface area (Å²) >= 11 is 0. The zero-order valence-electron chi connectivity index (χ0n) is 25.1. The minimum absolute atomic E-state index is 0.0571. The van der Waals surface area contributed by atoms with Crippen molar-refractivity contribution in [3.05, 3.63) is 12.7 Å². The third-order valence-corrected chi connectivity index (χ3v) is 12.4. The van der Waals surface area contributed by atoms with E-state index in [2.05, 4.69) is 33.0 Å². The smallest absolute Gasteiger partial charge is 0.353 e. The highest BCUT2D eigenvalue weighted by Gasteiger charge is 2.32. The van der Waals surface area contributed by atoms with Crippen molar-refractivity contribution < 1.29 is 23.5 Å². The van der Waals surface area contributed by atoms with E-state index in [9.17, 15) is 9.46 Å². The van der Waals surface area contributed by atoms with Gasteiger partial charge in [-0.3, -0.25) is 4.57 Å². The quantitative estimate of drug-likeness (QED) is 0.0725. The van der Waals surface area contributed by atoms with Gasteiger partial charge in [0.15, 0.2) is 11.5 Å². The van der Waals surface area contributed by atoms with Gasteiger partial charge in [0.2, 0.25) is 0 Å². The van der Waals surface area contributed by atoms with Crippen LogP contribution in [0.4, 0.5) is 5.82 Å². The highest BCUT2D eigenvalue weighted by Crippen LogP contribution is 2.41. The summed E-state index contributed by atoms with van der Waals surface area (Å²) in [6.07, 6.45) is 17.3. The van der Waals surface area contributed by atoms with Crippen LogP contribution in [-0.4, -0.2) is 64.8 Å². The minimum atomic E-state index is -3.86. The summed E-state index contributed by atoms with van der Waals surface area (Å²) in [5, 5.41) is 0. The van der Waals surface area contributed by atoms with Gasteiger partial charge >= 0.3 is 7.60 Å². The normalized spacial score (nSPS) is 16.6. The number of nitrogens with zero attached hydrogens (tertiary/aromatic N) is 4. The molecule has 0 bridgehead atoms. The van der Waals surface area contributed by atoms with Crippen molar-refractivity contribution in [3.8, 4) is 11.5 Å². The first-order valence-electron chi connectivity index (χ1n) is 15.4. The first-order chi connectivity index (χ1) is 19.8. The molecule has 0 radical (unpaired) electrons. The summed E-state index contributed by atoms with van der Waals surface area (Å²) in [6, 6.07) is 2.85. The molecule has 41 heavy (non-hydrogen) atoms. The number of ether oxygens (including phenoxy) is 2. The minimum Gasteiger partial charge on any atom is -0.382 e. The summed E-state index contributed by atoms with van der Waals surface area (Å²) in [7, 11) is -4.90. The summed E-state index contributed by atoms with van der Waals surface area (Å²) < 4.78 is 30.3. The van der Waals surface area contributed by atoms with Gasteiger partial charge in [0, 0.05) is 13.0 Å². The lowest BCUT2D eigenvalue weighted by molar-refractivity contribution is 0.0610. The van der Waals surface area contributed by atoms with Gasteiger partial charge in [0.25, 0.3) is 0 Å². The number of fused-ring (bicyclic) bond motifs is 1. The van der Waals surface area contributed by atoms with Crippen molar-refractivity contribution in [2.24, 2.45) is 0 Å². The molecule has 3 heterocycles. The van der Waals surface area contributed by atoms with Gasteiger partial charge in [0.1, 0.15) is 26.3 Å². The van der Waals surface area contributed by atoms with Crippen LogP contribution in [0.15, 0.2) is 12.7 Å². The number of aromatic nitrogens is 4. The second-order valence-electron chi connectivity index (χ2n) is 11.5. The number of imidazole rings is 1. The molecule has 2 aromatic heterocycles. The Labute approximate surface area is 246 Å². The first-order valence-corrected chi connectivity index (χ1v) is 20.0. The fraction of sp³-hybridized carbons (Fsp3) is 0.759. The van der Waals surface area contributed by atoms with E-state index in [1.165, 1.54) is 76.2 Å². The topological polar surface area (TPSA) is 135 Å². The zero-order chi connectivity index (χ0) is 29.4. The third kappa shape index (κ3) is 12.9. The van der Waals surface area contributed by atoms with Gasteiger partial charge in [-0.15, -0.1) is 11.5 Å². The molecule has 0 saturated carbocycles. The van der Waals surface area contributed by atoms with Crippen LogP contribution >= 0.6 is 7.60 Å². The zero-order valence-corrected chi connectivity index (χ0v) is 27.0. The molecule has 0 amide bonds. The lowest BCUT2D eigenvalue weighted by Gasteiger charge is -2.30. The van der Waals surface area contributed by atoms with E-state index in [1.807, 2.05) is 0 Å². The Morgan fingerprint density at radius 2 is 1.71 bits per heavy atom. The monoisotopic (exact) mass is 607 g/mol. The predicted molar refractivity (Wildman–Crippen MR) is 166 cm³/mol. The number of hydrogen-bond acceptors (Lipinski definition) is 8. The van der Waals surface area contributed by atoms with Crippen LogP contribution in [0.1, 0.15) is 84.0 Å². The molecule has 1 aliphatic heterocycles. The molecule has 2 aromatic rings. The molecule has 0 aliphatic carbocycles. The third-order valence-electron chi connectivity index (χ3n) is 7.61. The second kappa shape index (κ2) is 18.0. The van der Waals surface area contributed by atoms with Crippen LogP contribution in [0.5, 0.6) is 0 Å². The molecule has 10 nitrogen and oxygen atoms in total. The molecule has 3 rings (SSSR count). The Kier molecular flexibility index (Phi) is 14.8. The van der Waals surface area contributed by atoms with Gasteiger partial charge in [-0.05, 0) is 31.9 Å². The van der Waals surface area contributed by atoms with Crippen LogP contribution in [0.2, 0.25) is 18.6 Å². The Morgan fingerprint density at radius 3 is 2.39 bits per heavy atom. The number of rotatable bonds is 21. The van der Waals surface area contributed by atoms with Crippen molar-refractivity contribution in [3.63, 3.8) is 0 Å². The maximum absolute atomic E-state index is 12.3. The van der Waals surface area contributed by atoms with E-state index in [4.69, 9.17) is 19.7 Å². The largest absolute Gasteiger partial charge is 0.382 e. The SMILES string of the molecule is C[C@H](Cn1cnc2c(N)ncnc21)OCP(=O)(O)OCCOCCCCCCCCCCCCC#C[Si]1(C)CCC1. The average molecular weight is 608 g/mol. The maximum atomic E-state index is 12.3. The van der Waals surface area contributed by atoms with Gasteiger partial charge in [0.05, 0.1) is 32.2 Å². The molecule has 230 valence electrons. The molecule has 3 N–H and O–H groups in total. The lowest BCUT2D eigenvalue weighted by atomic mass is 10.1. The molecule has 2 atom stereocenters. The van der Waals surface area contributed by atoms with Gasteiger partial charge in [-0.25, -0.2) is 15.0 Å². The van der Waals surface area contributed by atoms with E-state index in [0.717, 1.165) is 19.3 Å². The number of nitrogens with two attached hydrogens (primary N) is 1. The van der Waals surface area contributed by atoms with E-state index in [0.29, 0.717) is 30.1 Å². The van der Waals surface area contributed by atoms with Gasteiger partial charge in [-0.2, -0.15) is 0 Å². The van der Waals surface area contributed by atoms with Crippen LogP contribution < -0.4 is 5.73 Å². The van der Waals surface area contributed by atoms with Crippen LogP contribution in [0.25, 0.3) is 11.2 Å². The molecular formula is C29H50N5O5PSi. The Morgan fingerprint density at radius 1 is 1.02 bits per heavy atom. The van der Waals surface area contributed by atoms with Crippen molar-refractivity contribution in [1.82, 2.24) is 19.5 Å². The van der Waals surface area contributed by atoms with Crippen LogP contribution in [0.3, 0.4) is 0 Å². The highest BCUT2D eigenvalue weighted by molar-refractivity contribution is 7.52. The number of nitrogen functional groups attached to an aromatic ring is 1. The molecule has 1 aliphatic rings. The summed E-state index contributed by atoms with van der Waals surface area (Å²) in [5.41, 5.74) is 10.5. The van der Waals surface area contributed by atoms with Crippen LogP contribution in [-0.2, 0) is 25.1 Å². The van der Waals surface area contributed by atoms with E-state index < -0.39 is 22.0 Å². The second-order valence-corrected chi connectivity index (χ2v) is 17.7. The van der Waals surface area contributed by atoms with E-state index in [1.54, 1.807) is 17.8 Å². The Bertz CT molecular complexity index is 1150. The predicted octanol–water partition coefficient (Wildman–Crippen LogP) is 6.31. The number of unbranched alkanes of at least 4 members (excludes halogenated alkanes) is 10. The number of hydrogen-bond donors (Lipinski definition) is 2. The van der Waals surface area contributed by atoms with E-state index >= 15 is 0 Å². The first kappa shape index (κ1) is 33.7. The number of anilines is 1. The molecule has 1 saturated heterocycles. The molecule has 12 heteroatoms.